The van der Waals surface area contributed by atoms with E-state index < -0.39 is 0 Å². The molecule has 90 valence electrons. The summed E-state index contributed by atoms with van der Waals surface area (Å²) in [6.07, 6.45) is 2.98. The second kappa shape index (κ2) is 3.99. The molecule has 0 spiro atoms. The van der Waals surface area contributed by atoms with Crippen LogP contribution >= 0.6 is 0 Å². The quantitative estimate of drug-likeness (QED) is 0.670. The SMILES string of the molecule is Cc1cc(Oc2ncnc3nc[nH]c23)ccc1N. The molecule has 0 radical (unpaired) electrons. The Kier molecular flexibility index (Phi) is 2.33. The van der Waals surface area contributed by atoms with Crippen LogP contribution in [0.4, 0.5) is 5.69 Å². The molecule has 0 aliphatic carbocycles. The minimum absolute atomic E-state index is 0.446. The molecule has 0 aliphatic rings. The predicted octanol–water partition coefficient (Wildman–Crippen LogP) is 2.04. The number of aromatic amines is 1. The van der Waals surface area contributed by atoms with Crippen molar-refractivity contribution in [1.29, 1.82) is 0 Å². The lowest BCUT2D eigenvalue weighted by Gasteiger charge is -2.07. The van der Waals surface area contributed by atoms with Gasteiger partial charge in [-0.2, -0.15) is 4.98 Å². The zero-order valence-electron chi connectivity index (χ0n) is 9.71. The number of nitrogens with one attached hydrogen (secondary N) is 1. The maximum Gasteiger partial charge on any atom is 0.248 e. The number of H-pyrrole nitrogens is 1. The van der Waals surface area contributed by atoms with Crippen molar-refractivity contribution >= 4 is 16.9 Å². The fraction of sp³-hybridized carbons (Fsp3) is 0.0833. The lowest BCUT2D eigenvalue weighted by atomic mass is 10.2. The van der Waals surface area contributed by atoms with Gasteiger partial charge in [-0.25, -0.2) is 9.97 Å². The highest BCUT2D eigenvalue weighted by molar-refractivity contribution is 5.75. The molecule has 3 rings (SSSR count). The highest BCUT2D eigenvalue weighted by Gasteiger charge is 2.08. The van der Waals surface area contributed by atoms with Crippen LogP contribution in [0.5, 0.6) is 11.6 Å². The summed E-state index contributed by atoms with van der Waals surface area (Å²) in [5.41, 5.74) is 8.70. The number of imidazole rings is 1. The first-order valence-corrected chi connectivity index (χ1v) is 5.42. The van der Waals surface area contributed by atoms with Gasteiger partial charge in [0.15, 0.2) is 5.65 Å². The Hall–Kier alpha value is -2.63. The van der Waals surface area contributed by atoms with E-state index in [0.29, 0.717) is 22.8 Å². The number of hydrogen-bond acceptors (Lipinski definition) is 5. The zero-order chi connectivity index (χ0) is 12.5. The first kappa shape index (κ1) is 10.5. The number of nitrogens with two attached hydrogens (primary N) is 1. The molecule has 1 aromatic carbocycles. The van der Waals surface area contributed by atoms with Crippen LogP contribution in [0.1, 0.15) is 5.56 Å². The molecule has 0 saturated heterocycles. The summed E-state index contributed by atoms with van der Waals surface area (Å²) in [5.74, 6) is 1.12. The highest BCUT2D eigenvalue weighted by Crippen LogP contribution is 2.26. The van der Waals surface area contributed by atoms with Crippen molar-refractivity contribution < 1.29 is 4.74 Å². The molecule has 3 aromatic rings. The van der Waals surface area contributed by atoms with E-state index in [4.69, 9.17) is 10.5 Å². The number of nitrogen functional groups attached to an aromatic ring is 1. The van der Waals surface area contributed by atoms with Crippen LogP contribution in [0.15, 0.2) is 30.9 Å². The summed E-state index contributed by atoms with van der Waals surface area (Å²) in [6.45, 7) is 1.92. The molecule has 6 nitrogen and oxygen atoms in total. The molecule has 6 heteroatoms. The molecular weight excluding hydrogens is 230 g/mol. The van der Waals surface area contributed by atoms with Gasteiger partial charge in [-0.15, -0.1) is 0 Å². The summed E-state index contributed by atoms with van der Waals surface area (Å²) < 4.78 is 5.71. The fourth-order valence-electron chi connectivity index (χ4n) is 1.64. The van der Waals surface area contributed by atoms with Crippen LogP contribution in [0.2, 0.25) is 0 Å². The molecule has 0 atom stereocenters. The van der Waals surface area contributed by atoms with Gasteiger partial charge < -0.3 is 15.5 Å². The van der Waals surface area contributed by atoms with Crippen molar-refractivity contribution in [3.8, 4) is 11.6 Å². The van der Waals surface area contributed by atoms with E-state index in [1.165, 1.54) is 6.33 Å². The fourth-order valence-corrected chi connectivity index (χ4v) is 1.64. The summed E-state index contributed by atoms with van der Waals surface area (Å²) in [6, 6.07) is 5.46. The van der Waals surface area contributed by atoms with Crippen LogP contribution in [0, 0.1) is 6.92 Å². The first-order chi connectivity index (χ1) is 8.74. The number of rotatable bonds is 2. The van der Waals surface area contributed by atoms with Crippen LogP contribution in [0.3, 0.4) is 0 Å². The number of ether oxygens (including phenoxy) is 1. The molecule has 0 aliphatic heterocycles. The predicted molar refractivity (Wildman–Crippen MR) is 67.3 cm³/mol. The van der Waals surface area contributed by atoms with Gasteiger partial charge in [-0.05, 0) is 30.7 Å². The van der Waals surface area contributed by atoms with E-state index in [1.54, 1.807) is 18.5 Å². The van der Waals surface area contributed by atoms with Crippen LogP contribution in [0.25, 0.3) is 11.2 Å². The Bertz CT molecular complexity index is 707. The van der Waals surface area contributed by atoms with Crippen LogP contribution in [-0.2, 0) is 0 Å². The van der Waals surface area contributed by atoms with E-state index in [-0.39, 0.29) is 0 Å². The topological polar surface area (TPSA) is 89.7 Å². The van der Waals surface area contributed by atoms with Gasteiger partial charge in [0.2, 0.25) is 5.88 Å². The molecule has 18 heavy (non-hydrogen) atoms. The molecule has 0 unspecified atom stereocenters. The number of aryl methyl sites for hydroxylation is 1. The van der Waals surface area contributed by atoms with Gasteiger partial charge in [0, 0.05) is 5.69 Å². The third-order valence-corrected chi connectivity index (χ3v) is 2.64. The third kappa shape index (κ3) is 1.73. The Morgan fingerprint density at radius 3 is 2.94 bits per heavy atom. The minimum Gasteiger partial charge on any atom is -0.437 e. The number of benzene rings is 1. The molecule has 2 aromatic heterocycles. The lowest BCUT2D eigenvalue weighted by Crippen LogP contribution is -1.93. The molecule has 2 heterocycles. The van der Waals surface area contributed by atoms with Gasteiger partial charge in [-0.3, -0.25) is 0 Å². The largest absolute Gasteiger partial charge is 0.437 e. The van der Waals surface area contributed by atoms with Crippen LogP contribution < -0.4 is 10.5 Å². The maximum absolute atomic E-state index is 5.76. The highest BCUT2D eigenvalue weighted by atomic mass is 16.5. The molecule has 0 bridgehead atoms. The average molecular weight is 241 g/mol. The average Bonchev–Trinajstić information content (AvgIpc) is 2.83. The van der Waals surface area contributed by atoms with E-state index in [0.717, 1.165) is 11.3 Å². The standard InChI is InChI=1S/C12H11N5O/c1-7-4-8(2-3-9(7)13)18-12-10-11(15-5-14-10)16-6-17-12/h2-6H,13H2,1H3,(H,14,15,16,17). The zero-order valence-corrected chi connectivity index (χ0v) is 9.71. The third-order valence-electron chi connectivity index (χ3n) is 2.64. The minimum atomic E-state index is 0.446. The van der Waals surface area contributed by atoms with Gasteiger partial charge in [0.25, 0.3) is 0 Å². The number of fused-ring (bicyclic) bond motifs is 1. The van der Waals surface area contributed by atoms with E-state index >= 15 is 0 Å². The van der Waals surface area contributed by atoms with Gasteiger partial charge in [-0.1, -0.05) is 0 Å². The van der Waals surface area contributed by atoms with Gasteiger partial charge in [0.05, 0.1) is 6.33 Å². The van der Waals surface area contributed by atoms with E-state index in [1.807, 2.05) is 13.0 Å². The molecule has 0 amide bonds. The number of nitrogens with zero attached hydrogens (tertiary/aromatic N) is 3. The van der Waals surface area contributed by atoms with Gasteiger partial charge in [0.1, 0.15) is 17.6 Å². The maximum atomic E-state index is 5.76. The second-order valence-electron chi connectivity index (χ2n) is 3.90. The van der Waals surface area contributed by atoms with E-state index in [9.17, 15) is 0 Å². The smallest absolute Gasteiger partial charge is 0.248 e. The Morgan fingerprint density at radius 2 is 2.11 bits per heavy atom. The Labute approximate surface area is 103 Å². The monoisotopic (exact) mass is 241 g/mol. The number of hydrogen-bond donors (Lipinski definition) is 2. The summed E-state index contributed by atoms with van der Waals surface area (Å²) in [5, 5.41) is 0. The normalized spacial score (nSPS) is 10.7. The number of anilines is 1. The first-order valence-electron chi connectivity index (χ1n) is 5.42. The van der Waals surface area contributed by atoms with Crippen molar-refractivity contribution in [2.45, 2.75) is 6.92 Å². The van der Waals surface area contributed by atoms with Crippen molar-refractivity contribution in [1.82, 2.24) is 19.9 Å². The molecular formula is C12H11N5O. The number of aromatic nitrogens is 4. The summed E-state index contributed by atoms with van der Waals surface area (Å²) in [4.78, 5) is 15.1. The second-order valence-corrected chi connectivity index (χ2v) is 3.90. The van der Waals surface area contributed by atoms with Crippen molar-refractivity contribution in [3.63, 3.8) is 0 Å². The van der Waals surface area contributed by atoms with Crippen LogP contribution in [-0.4, -0.2) is 19.9 Å². The van der Waals surface area contributed by atoms with Crippen molar-refractivity contribution in [3.05, 3.63) is 36.4 Å². The summed E-state index contributed by atoms with van der Waals surface area (Å²) >= 11 is 0. The Morgan fingerprint density at radius 1 is 1.22 bits per heavy atom. The van der Waals surface area contributed by atoms with Crippen molar-refractivity contribution in [2.75, 3.05) is 5.73 Å². The van der Waals surface area contributed by atoms with Crippen molar-refractivity contribution in [2.24, 2.45) is 0 Å². The summed E-state index contributed by atoms with van der Waals surface area (Å²) in [7, 11) is 0. The molecule has 0 fully saturated rings. The lowest BCUT2D eigenvalue weighted by molar-refractivity contribution is 0.467. The van der Waals surface area contributed by atoms with Gasteiger partial charge >= 0.3 is 0 Å². The molecule has 0 saturated carbocycles. The Balaban J connectivity index is 2.01. The molecule has 3 N–H and O–H groups in total. The van der Waals surface area contributed by atoms with E-state index in [2.05, 4.69) is 19.9 Å².